The van der Waals surface area contributed by atoms with Gasteiger partial charge < -0.3 is 24.6 Å². The molecule has 3 aromatic heterocycles. The number of ether oxygens (including phenoxy) is 1. The van der Waals surface area contributed by atoms with E-state index in [2.05, 4.69) is 29.7 Å². The van der Waals surface area contributed by atoms with Gasteiger partial charge >= 0.3 is 12.1 Å². The number of hydrogen-bond acceptors (Lipinski definition) is 8. The van der Waals surface area contributed by atoms with Crippen LogP contribution in [0.1, 0.15) is 44.1 Å². The van der Waals surface area contributed by atoms with Gasteiger partial charge in [0.05, 0.1) is 41.9 Å². The van der Waals surface area contributed by atoms with Crippen molar-refractivity contribution < 1.29 is 32.2 Å². The molecule has 0 spiro atoms. The van der Waals surface area contributed by atoms with Crippen LogP contribution in [0.15, 0.2) is 42.6 Å². The number of anilines is 2. The summed E-state index contributed by atoms with van der Waals surface area (Å²) in [4.78, 5) is 34.7. The topological polar surface area (TPSA) is 111 Å². The standard InChI is InChI=1S/C35H41F4N7O3.3ClH/c1-44(21-34(22-49-2)9-4-3-5-10-34)29-19-28(23-16-24(35(37,38)39)18-25(36)17-23)41-33-31(29)42-32(43-33)27-7-6-26(20-40-27)46-14-12-45(13-15-46)11-8-30(47)48;;;/h6-7,16-20H,3-5,8-15,21-22H2,1-2H3,(H,47,48)(H,41,42,43);3*1H. The molecule has 2 aliphatic rings. The number of piperazine rings is 1. The zero-order chi connectivity index (χ0) is 34.8. The number of nitrogens with one attached hydrogen (secondary N) is 1. The number of methoxy groups -OCH3 is 1. The van der Waals surface area contributed by atoms with Gasteiger partial charge in [-0.25, -0.2) is 14.4 Å². The van der Waals surface area contributed by atoms with Crippen LogP contribution in [0.4, 0.5) is 28.9 Å². The molecule has 6 rings (SSSR count). The molecule has 2 fully saturated rings. The molecule has 1 aromatic carbocycles. The predicted molar refractivity (Wildman–Crippen MR) is 201 cm³/mol. The molecule has 52 heavy (non-hydrogen) atoms. The van der Waals surface area contributed by atoms with E-state index in [4.69, 9.17) is 14.8 Å². The molecule has 1 saturated carbocycles. The number of fused-ring (bicyclic) bond motifs is 1. The number of alkyl halides is 3. The monoisotopic (exact) mass is 791 g/mol. The lowest BCUT2D eigenvalue weighted by Crippen LogP contribution is -2.46. The molecule has 0 bridgehead atoms. The zero-order valence-corrected chi connectivity index (χ0v) is 31.4. The van der Waals surface area contributed by atoms with Crippen molar-refractivity contribution in [3.8, 4) is 22.8 Å². The Morgan fingerprint density at radius 1 is 1.00 bits per heavy atom. The molecular weight excluding hydrogens is 749 g/mol. The number of carboxylic acid groups (broad SMARTS) is 1. The van der Waals surface area contributed by atoms with Gasteiger partial charge in [-0.15, -0.1) is 37.2 Å². The number of aromatic nitrogens is 4. The Bertz CT molecular complexity index is 1780. The first-order valence-electron chi connectivity index (χ1n) is 16.6. The van der Waals surface area contributed by atoms with Crippen molar-refractivity contribution >= 4 is 65.7 Å². The molecule has 1 aliphatic carbocycles. The molecule has 0 unspecified atom stereocenters. The number of benzene rings is 1. The van der Waals surface area contributed by atoms with Gasteiger partial charge in [0.2, 0.25) is 0 Å². The second-order valence-electron chi connectivity index (χ2n) is 13.3. The fourth-order valence-corrected chi connectivity index (χ4v) is 7.18. The largest absolute Gasteiger partial charge is 0.481 e. The summed E-state index contributed by atoms with van der Waals surface area (Å²) in [6.07, 6.45) is 2.50. The van der Waals surface area contributed by atoms with Crippen molar-refractivity contribution in [2.24, 2.45) is 5.41 Å². The Labute approximate surface area is 318 Å². The average molecular weight is 793 g/mol. The van der Waals surface area contributed by atoms with Gasteiger partial charge in [0, 0.05) is 64.4 Å². The third-order valence-corrected chi connectivity index (χ3v) is 9.68. The lowest BCUT2D eigenvalue weighted by atomic mass is 9.74. The summed E-state index contributed by atoms with van der Waals surface area (Å²) in [5, 5.41) is 8.98. The van der Waals surface area contributed by atoms with Crippen molar-refractivity contribution in [3.63, 3.8) is 0 Å². The first-order chi connectivity index (χ1) is 23.4. The van der Waals surface area contributed by atoms with Crippen LogP contribution in [0, 0.1) is 11.2 Å². The van der Waals surface area contributed by atoms with Crippen LogP contribution in [0.2, 0.25) is 0 Å². The number of halogens is 7. The number of aliphatic carboxylic acids is 1. The summed E-state index contributed by atoms with van der Waals surface area (Å²) in [5.74, 6) is -1.36. The number of carboxylic acids is 1. The van der Waals surface area contributed by atoms with Gasteiger partial charge in [-0.3, -0.25) is 14.7 Å². The minimum absolute atomic E-state index is 0. The van der Waals surface area contributed by atoms with Gasteiger partial charge in [-0.1, -0.05) is 19.3 Å². The Balaban J connectivity index is 0.00000243. The molecule has 1 saturated heterocycles. The summed E-state index contributed by atoms with van der Waals surface area (Å²) in [7, 11) is 3.63. The smallest absolute Gasteiger partial charge is 0.416 e. The van der Waals surface area contributed by atoms with E-state index in [1.807, 2.05) is 19.2 Å². The van der Waals surface area contributed by atoms with E-state index in [0.717, 1.165) is 69.7 Å². The van der Waals surface area contributed by atoms with E-state index in [-0.39, 0.29) is 66.0 Å². The van der Waals surface area contributed by atoms with Crippen LogP contribution in [-0.4, -0.2) is 95.9 Å². The van der Waals surface area contributed by atoms with Crippen LogP contribution >= 0.6 is 37.2 Å². The SMILES string of the molecule is COCC1(CN(C)c2cc(-c3cc(F)cc(C(F)(F)F)c3)nc3nc(-c4ccc(N5CCN(CCC(=O)O)CC5)cn4)[nH]c23)CCCCC1.Cl.Cl.Cl. The number of nitrogens with zero attached hydrogens (tertiary/aromatic N) is 6. The molecular formula is C35H44Cl3F4N7O3. The van der Waals surface area contributed by atoms with Gasteiger partial charge in [-0.05, 0) is 49.2 Å². The molecule has 0 amide bonds. The normalized spacial score (nSPS) is 16.1. The van der Waals surface area contributed by atoms with Crippen molar-refractivity contribution in [2.45, 2.75) is 44.7 Å². The van der Waals surface area contributed by atoms with Crippen molar-refractivity contribution in [3.05, 3.63) is 54.0 Å². The number of pyridine rings is 2. The number of carbonyl (C=O) groups is 1. The fourth-order valence-electron chi connectivity index (χ4n) is 7.18. The maximum atomic E-state index is 14.5. The highest BCUT2D eigenvalue weighted by Gasteiger charge is 2.35. The number of hydrogen-bond donors (Lipinski definition) is 2. The molecule has 1 aliphatic heterocycles. The van der Waals surface area contributed by atoms with E-state index >= 15 is 0 Å². The van der Waals surface area contributed by atoms with Crippen LogP contribution in [0.3, 0.4) is 0 Å². The van der Waals surface area contributed by atoms with Crippen molar-refractivity contribution in [2.75, 3.05) is 69.8 Å². The zero-order valence-electron chi connectivity index (χ0n) is 28.9. The second kappa shape index (κ2) is 18.1. The second-order valence-corrected chi connectivity index (χ2v) is 13.3. The Kier molecular flexibility index (Phi) is 14.9. The highest BCUT2D eigenvalue weighted by Crippen LogP contribution is 2.40. The molecule has 4 heterocycles. The number of rotatable bonds is 11. The van der Waals surface area contributed by atoms with Crippen LogP contribution in [0.5, 0.6) is 0 Å². The van der Waals surface area contributed by atoms with Crippen LogP contribution < -0.4 is 9.80 Å². The first-order valence-corrected chi connectivity index (χ1v) is 16.6. The molecule has 2 N–H and O–H groups in total. The van der Waals surface area contributed by atoms with Gasteiger partial charge in [0.25, 0.3) is 0 Å². The molecule has 0 atom stereocenters. The Hall–Kier alpha value is -3.43. The fraction of sp³-hybridized carbons (Fsp3) is 0.486. The summed E-state index contributed by atoms with van der Waals surface area (Å²) in [6.45, 7) is 4.74. The Morgan fingerprint density at radius 3 is 2.33 bits per heavy atom. The molecule has 0 radical (unpaired) electrons. The number of imidazole rings is 1. The molecule has 286 valence electrons. The predicted octanol–water partition coefficient (Wildman–Crippen LogP) is 7.74. The number of aromatic amines is 1. The Morgan fingerprint density at radius 2 is 1.71 bits per heavy atom. The van der Waals surface area contributed by atoms with E-state index in [1.54, 1.807) is 19.4 Å². The lowest BCUT2D eigenvalue weighted by Gasteiger charge is -2.40. The average Bonchev–Trinajstić information content (AvgIpc) is 3.51. The van der Waals surface area contributed by atoms with E-state index in [0.29, 0.717) is 48.5 Å². The quantitative estimate of drug-likeness (QED) is 0.148. The highest BCUT2D eigenvalue weighted by atomic mass is 35.5. The summed E-state index contributed by atoms with van der Waals surface area (Å²) < 4.78 is 61.2. The summed E-state index contributed by atoms with van der Waals surface area (Å²) >= 11 is 0. The molecule has 4 aromatic rings. The molecule has 17 heteroatoms. The molecule has 10 nitrogen and oxygen atoms in total. The third-order valence-electron chi connectivity index (χ3n) is 9.68. The first kappa shape index (κ1) is 43.0. The van der Waals surface area contributed by atoms with Crippen molar-refractivity contribution in [1.82, 2.24) is 24.8 Å². The summed E-state index contributed by atoms with van der Waals surface area (Å²) in [6, 6.07) is 7.95. The van der Waals surface area contributed by atoms with E-state index in [1.165, 1.54) is 6.42 Å². The van der Waals surface area contributed by atoms with Gasteiger partial charge in [0.15, 0.2) is 11.5 Å². The van der Waals surface area contributed by atoms with Crippen LogP contribution in [0.25, 0.3) is 33.9 Å². The lowest BCUT2D eigenvalue weighted by molar-refractivity contribution is -0.138. The maximum absolute atomic E-state index is 14.5. The van der Waals surface area contributed by atoms with Gasteiger partial charge in [0.1, 0.15) is 17.0 Å². The summed E-state index contributed by atoms with van der Waals surface area (Å²) in [5.41, 5.74) is 2.04. The number of H-pyrrole nitrogens is 1. The third kappa shape index (κ3) is 9.95. The minimum Gasteiger partial charge on any atom is -0.481 e. The van der Waals surface area contributed by atoms with Crippen molar-refractivity contribution in [1.29, 1.82) is 0 Å². The highest BCUT2D eigenvalue weighted by molar-refractivity contribution is 5.91. The van der Waals surface area contributed by atoms with E-state index < -0.39 is 23.5 Å². The van der Waals surface area contributed by atoms with Gasteiger partial charge in [-0.2, -0.15) is 13.2 Å². The van der Waals surface area contributed by atoms with Crippen LogP contribution in [-0.2, 0) is 15.7 Å². The maximum Gasteiger partial charge on any atom is 0.416 e. The van der Waals surface area contributed by atoms with E-state index in [9.17, 15) is 22.4 Å². The minimum atomic E-state index is -4.72.